The second kappa shape index (κ2) is 8.13. The molecular weight excluding hydrogens is 348 g/mol. The van der Waals surface area contributed by atoms with E-state index in [0.717, 1.165) is 12.3 Å². The first kappa shape index (κ1) is 19.3. The number of hydrogen-bond acceptors (Lipinski definition) is 7. The van der Waals surface area contributed by atoms with Crippen molar-refractivity contribution in [1.82, 2.24) is 16.0 Å². The van der Waals surface area contributed by atoms with Crippen LogP contribution in [0.2, 0.25) is 0 Å². The molecule has 152 valence electrons. The lowest BCUT2D eigenvalue weighted by molar-refractivity contribution is -0.174. The van der Waals surface area contributed by atoms with Crippen molar-refractivity contribution in [2.75, 3.05) is 6.54 Å². The monoisotopic (exact) mass is 380 g/mol. The Balaban J connectivity index is 1.35. The molecule has 1 saturated carbocycles. The number of fused-ring (bicyclic) bond motifs is 2. The fourth-order valence-corrected chi connectivity index (χ4v) is 5.25. The first-order valence-electron chi connectivity index (χ1n) is 10.5. The van der Waals surface area contributed by atoms with Gasteiger partial charge >= 0.3 is 5.97 Å². The SMILES string of the molecule is NC1NC2OC3CNC(CCC4CCCCC4)NC3C(=O)C2CC1C(=O)O. The number of carboxylic acids is 1. The average molecular weight is 380 g/mol. The van der Waals surface area contributed by atoms with E-state index in [0.29, 0.717) is 6.54 Å². The molecule has 0 aromatic heterocycles. The molecule has 27 heavy (non-hydrogen) atoms. The van der Waals surface area contributed by atoms with Gasteiger partial charge in [-0.1, -0.05) is 32.1 Å². The Kier molecular flexibility index (Phi) is 5.80. The zero-order chi connectivity index (χ0) is 19.0. The number of rotatable bonds is 4. The van der Waals surface area contributed by atoms with Crippen molar-refractivity contribution in [1.29, 1.82) is 0 Å². The number of Topliss-reactive ketones (excluding diaryl/α,β-unsaturated/α-hetero) is 1. The van der Waals surface area contributed by atoms with Crippen LogP contribution in [0.25, 0.3) is 0 Å². The number of piperidine rings is 1. The Hall–Kier alpha value is -1.06. The normalized spacial score (nSPS) is 43.0. The minimum absolute atomic E-state index is 0.0612. The van der Waals surface area contributed by atoms with Crippen molar-refractivity contribution >= 4 is 11.8 Å². The highest BCUT2D eigenvalue weighted by atomic mass is 16.5. The van der Waals surface area contributed by atoms with Crippen LogP contribution in [0.5, 0.6) is 0 Å². The van der Waals surface area contributed by atoms with Gasteiger partial charge in [-0.3, -0.25) is 25.5 Å². The van der Waals surface area contributed by atoms with Gasteiger partial charge in [0.2, 0.25) is 0 Å². The number of nitrogens with one attached hydrogen (secondary N) is 3. The Labute approximate surface area is 160 Å². The van der Waals surface area contributed by atoms with Gasteiger partial charge in [-0.15, -0.1) is 0 Å². The molecule has 0 aromatic carbocycles. The molecule has 3 saturated heterocycles. The lowest BCUT2D eigenvalue weighted by Crippen LogP contribution is -2.73. The van der Waals surface area contributed by atoms with Crippen molar-refractivity contribution in [3.8, 4) is 0 Å². The molecule has 0 aromatic rings. The molecule has 8 nitrogen and oxygen atoms in total. The van der Waals surface area contributed by atoms with Crippen molar-refractivity contribution < 1.29 is 19.4 Å². The fourth-order valence-electron chi connectivity index (χ4n) is 5.25. The third-order valence-corrected chi connectivity index (χ3v) is 6.88. The van der Waals surface area contributed by atoms with Gasteiger partial charge < -0.3 is 15.6 Å². The zero-order valence-electron chi connectivity index (χ0n) is 15.7. The molecule has 0 radical (unpaired) electrons. The predicted octanol–water partition coefficient (Wildman–Crippen LogP) is 0.124. The highest BCUT2D eigenvalue weighted by Crippen LogP contribution is 2.33. The summed E-state index contributed by atoms with van der Waals surface area (Å²) < 4.78 is 6.08. The lowest BCUT2D eigenvalue weighted by Gasteiger charge is -2.49. The molecule has 6 N–H and O–H groups in total. The van der Waals surface area contributed by atoms with Gasteiger partial charge in [0, 0.05) is 6.54 Å². The molecule has 4 aliphatic rings. The zero-order valence-corrected chi connectivity index (χ0v) is 15.7. The smallest absolute Gasteiger partial charge is 0.309 e. The number of ether oxygens (including phenoxy) is 1. The third-order valence-electron chi connectivity index (χ3n) is 6.88. The second-order valence-electron chi connectivity index (χ2n) is 8.66. The van der Waals surface area contributed by atoms with Gasteiger partial charge in [-0.25, -0.2) is 0 Å². The molecule has 4 rings (SSSR count). The summed E-state index contributed by atoms with van der Waals surface area (Å²) in [6, 6.07) is -0.366. The number of carboxylic acid groups (broad SMARTS) is 1. The van der Waals surface area contributed by atoms with Gasteiger partial charge in [0.25, 0.3) is 0 Å². The number of hydrogen-bond donors (Lipinski definition) is 5. The topological polar surface area (TPSA) is 126 Å². The van der Waals surface area contributed by atoms with Crippen molar-refractivity contribution in [2.45, 2.75) is 82.1 Å². The molecule has 1 aliphatic carbocycles. The highest BCUT2D eigenvalue weighted by molar-refractivity contribution is 5.89. The van der Waals surface area contributed by atoms with Crippen LogP contribution in [0.3, 0.4) is 0 Å². The molecule has 7 unspecified atom stereocenters. The number of aliphatic carboxylic acids is 1. The predicted molar refractivity (Wildman–Crippen MR) is 98.5 cm³/mol. The van der Waals surface area contributed by atoms with E-state index in [2.05, 4.69) is 16.0 Å². The van der Waals surface area contributed by atoms with E-state index in [1.54, 1.807) is 0 Å². The molecular formula is C19H32N4O4. The first-order chi connectivity index (χ1) is 13.0. The summed E-state index contributed by atoms with van der Waals surface area (Å²) in [5.74, 6) is -1.32. The van der Waals surface area contributed by atoms with Gasteiger partial charge in [-0.2, -0.15) is 0 Å². The van der Waals surface area contributed by atoms with E-state index in [1.165, 1.54) is 38.5 Å². The van der Waals surface area contributed by atoms with Gasteiger partial charge in [0.05, 0.1) is 36.3 Å². The molecule has 4 fully saturated rings. The van der Waals surface area contributed by atoms with Crippen molar-refractivity contribution in [2.24, 2.45) is 23.5 Å². The summed E-state index contributed by atoms with van der Waals surface area (Å²) in [6.07, 6.45) is 7.81. The Bertz CT molecular complexity index is 568. The van der Waals surface area contributed by atoms with E-state index in [9.17, 15) is 14.7 Å². The van der Waals surface area contributed by atoms with E-state index in [4.69, 9.17) is 10.5 Å². The Morgan fingerprint density at radius 2 is 1.96 bits per heavy atom. The quantitative estimate of drug-likeness (QED) is 0.466. The molecule has 3 aliphatic heterocycles. The summed E-state index contributed by atoms with van der Waals surface area (Å²) >= 11 is 0. The van der Waals surface area contributed by atoms with Crippen LogP contribution in [0.1, 0.15) is 51.4 Å². The molecule has 0 bridgehead atoms. The van der Waals surface area contributed by atoms with E-state index in [1.807, 2.05) is 0 Å². The van der Waals surface area contributed by atoms with E-state index >= 15 is 0 Å². The van der Waals surface area contributed by atoms with Gasteiger partial charge in [0.1, 0.15) is 6.23 Å². The van der Waals surface area contributed by atoms with Crippen LogP contribution in [0.4, 0.5) is 0 Å². The summed E-state index contributed by atoms with van der Waals surface area (Å²) in [4.78, 5) is 24.5. The summed E-state index contributed by atoms with van der Waals surface area (Å²) in [6.45, 7) is 0.626. The number of carbonyl (C=O) groups excluding carboxylic acids is 1. The molecule has 3 heterocycles. The average Bonchev–Trinajstić information content (AvgIpc) is 2.67. The number of ketones is 1. The fraction of sp³-hybridized carbons (Fsp3) is 0.895. The van der Waals surface area contributed by atoms with Crippen LogP contribution < -0.4 is 21.7 Å². The van der Waals surface area contributed by atoms with E-state index in [-0.39, 0.29) is 30.5 Å². The largest absolute Gasteiger partial charge is 0.481 e. The third kappa shape index (κ3) is 4.05. The van der Waals surface area contributed by atoms with Crippen molar-refractivity contribution in [3.05, 3.63) is 0 Å². The van der Waals surface area contributed by atoms with Crippen molar-refractivity contribution in [3.63, 3.8) is 0 Å². The minimum Gasteiger partial charge on any atom is -0.481 e. The Morgan fingerprint density at radius 3 is 2.70 bits per heavy atom. The standard InChI is InChI=1S/C19H32N4O4/c20-17-12(19(25)26)8-11-16(24)15-13(27-18(11)23-17)9-21-14(22-15)7-6-10-4-2-1-3-5-10/h10-15,17-18,21-23H,1-9,20H2,(H,25,26). The highest BCUT2D eigenvalue weighted by Gasteiger charge is 2.51. The maximum absolute atomic E-state index is 13.1. The van der Waals surface area contributed by atoms with Gasteiger partial charge in [-0.05, 0) is 25.2 Å². The molecule has 8 heteroatoms. The number of nitrogens with two attached hydrogens (primary N) is 1. The number of carbonyl (C=O) groups is 2. The Morgan fingerprint density at radius 1 is 1.19 bits per heavy atom. The van der Waals surface area contributed by atoms with Gasteiger partial charge in [0.15, 0.2) is 5.78 Å². The van der Waals surface area contributed by atoms with Crippen LogP contribution in [-0.4, -0.2) is 54.1 Å². The summed E-state index contributed by atoms with van der Waals surface area (Å²) in [5.41, 5.74) is 5.92. The summed E-state index contributed by atoms with van der Waals surface area (Å²) in [5, 5.41) is 19.3. The summed E-state index contributed by atoms with van der Waals surface area (Å²) in [7, 11) is 0. The minimum atomic E-state index is -0.966. The van der Waals surface area contributed by atoms with Crippen LogP contribution >= 0.6 is 0 Å². The first-order valence-corrected chi connectivity index (χ1v) is 10.5. The van der Waals surface area contributed by atoms with E-state index < -0.39 is 30.2 Å². The van der Waals surface area contributed by atoms with Crippen LogP contribution in [-0.2, 0) is 14.3 Å². The molecule has 0 spiro atoms. The maximum atomic E-state index is 13.1. The molecule has 0 amide bonds. The second-order valence-corrected chi connectivity index (χ2v) is 8.66. The van der Waals surface area contributed by atoms with Crippen LogP contribution in [0, 0.1) is 17.8 Å². The van der Waals surface area contributed by atoms with Crippen LogP contribution in [0.15, 0.2) is 0 Å². The lowest BCUT2D eigenvalue weighted by atomic mass is 9.78. The maximum Gasteiger partial charge on any atom is 0.309 e. The molecule has 7 atom stereocenters.